The highest BCUT2D eigenvalue weighted by Gasteiger charge is 2.17. The molecule has 1 heterocycles. The monoisotopic (exact) mass is 275 g/mol. The zero-order chi connectivity index (χ0) is 14.7. The van der Waals surface area contributed by atoms with Crippen molar-refractivity contribution < 1.29 is 13.9 Å². The molecule has 2 rings (SSSR count). The molecule has 0 unspecified atom stereocenters. The molecule has 0 saturated carbocycles. The number of nitrogens with zero attached hydrogens (tertiary/aromatic N) is 2. The van der Waals surface area contributed by atoms with Gasteiger partial charge < -0.3 is 10.5 Å². The lowest BCUT2D eigenvalue weighted by Crippen LogP contribution is -2.13. The topological polar surface area (TPSA) is 78.1 Å². The van der Waals surface area contributed by atoms with Crippen LogP contribution in [0.1, 0.15) is 27.4 Å². The summed E-state index contributed by atoms with van der Waals surface area (Å²) in [7, 11) is 1.27. The Balaban J connectivity index is 2.30. The summed E-state index contributed by atoms with van der Waals surface area (Å²) in [5, 5.41) is 0. The van der Waals surface area contributed by atoms with Gasteiger partial charge in [0.2, 0.25) is 0 Å². The summed E-state index contributed by atoms with van der Waals surface area (Å²) in [5.74, 6) is -0.305. The fourth-order valence-corrected chi connectivity index (χ4v) is 1.87. The number of halogens is 1. The Labute approximate surface area is 115 Å². The van der Waals surface area contributed by atoms with E-state index in [-0.39, 0.29) is 17.2 Å². The predicted molar refractivity (Wildman–Crippen MR) is 71.7 cm³/mol. The molecule has 104 valence electrons. The van der Waals surface area contributed by atoms with Crippen molar-refractivity contribution >= 4 is 11.8 Å². The molecule has 0 amide bonds. The third-order valence-corrected chi connectivity index (χ3v) is 2.83. The number of nitrogen functional groups attached to an aromatic ring is 1. The molecule has 2 aromatic rings. The molecule has 0 aliphatic heterocycles. The summed E-state index contributed by atoms with van der Waals surface area (Å²) in [6, 6.07) is 6.04. The number of benzene rings is 1. The second-order valence-electron chi connectivity index (χ2n) is 4.28. The summed E-state index contributed by atoms with van der Waals surface area (Å²) in [6.45, 7) is 1.67. The minimum atomic E-state index is -0.562. The Morgan fingerprint density at radius 1 is 1.30 bits per heavy atom. The Hall–Kier alpha value is -2.50. The van der Waals surface area contributed by atoms with E-state index in [1.54, 1.807) is 19.1 Å². The van der Waals surface area contributed by atoms with Gasteiger partial charge in [-0.2, -0.15) is 0 Å². The highest BCUT2D eigenvalue weighted by atomic mass is 19.1. The van der Waals surface area contributed by atoms with Crippen LogP contribution in [0.5, 0.6) is 0 Å². The molecule has 0 atom stereocenters. The van der Waals surface area contributed by atoms with Gasteiger partial charge in [-0.15, -0.1) is 0 Å². The van der Waals surface area contributed by atoms with Gasteiger partial charge in [0.25, 0.3) is 0 Å². The molecule has 6 heteroatoms. The van der Waals surface area contributed by atoms with E-state index in [9.17, 15) is 9.18 Å². The summed E-state index contributed by atoms with van der Waals surface area (Å²) in [5.41, 5.74) is 7.26. The largest absolute Gasteiger partial charge is 0.465 e. The second-order valence-corrected chi connectivity index (χ2v) is 4.28. The molecule has 0 bridgehead atoms. The number of carbonyl (C=O) groups excluding carboxylic acids is 1. The van der Waals surface area contributed by atoms with E-state index in [0.29, 0.717) is 17.9 Å². The number of aromatic nitrogens is 2. The number of hydrogen-bond donors (Lipinski definition) is 1. The van der Waals surface area contributed by atoms with E-state index in [1.807, 2.05) is 0 Å². The van der Waals surface area contributed by atoms with E-state index in [0.717, 1.165) is 5.56 Å². The van der Waals surface area contributed by atoms with Crippen molar-refractivity contribution in [1.29, 1.82) is 0 Å². The predicted octanol–water partition coefficient (Wildman–Crippen LogP) is 1.88. The van der Waals surface area contributed by atoms with Crippen molar-refractivity contribution in [2.45, 2.75) is 13.3 Å². The number of nitrogens with two attached hydrogens (primary N) is 1. The summed E-state index contributed by atoms with van der Waals surface area (Å²) in [4.78, 5) is 19.9. The standard InChI is InChI=1S/C14H14FN3O2/c1-8-12(14(19)20-2)13(16)18-11(17-8)7-9-3-5-10(15)6-4-9/h3-6H,7H2,1-2H3,(H2,16,17,18). The smallest absolute Gasteiger partial charge is 0.343 e. The third-order valence-electron chi connectivity index (χ3n) is 2.83. The van der Waals surface area contributed by atoms with Crippen LogP contribution in [0.2, 0.25) is 0 Å². The van der Waals surface area contributed by atoms with Crippen molar-refractivity contribution in [2.75, 3.05) is 12.8 Å². The van der Waals surface area contributed by atoms with Gasteiger partial charge in [0, 0.05) is 6.42 Å². The highest BCUT2D eigenvalue weighted by Crippen LogP contribution is 2.16. The average molecular weight is 275 g/mol. The van der Waals surface area contributed by atoms with Gasteiger partial charge in [0.05, 0.1) is 12.8 Å². The molecule has 0 saturated heterocycles. The minimum Gasteiger partial charge on any atom is -0.465 e. The number of anilines is 1. The highest BCUT2D eigenvalue weighted by molar-refractivity contribution is 5.95. The quantitative estimate of drug-likeness (QED) is 0.865. The second kappa shape index (κ2) is 5.64. The number of methoxy groups -OCH3 is 1. The fraction of sp³-hybridized carbons (Fsp3) is 0.214. The van der Waals surface area contributed by atoms with Gasteiger partial charge in [0.1, 0.15) is 23.0 Å². The van der Waals surface area contributed by atoms with Gasteiger partial charge in [-0.25, -0.2) is 19.2 Å². The molecule has 5 nitrogen and oxygen atoms in total. The van der Waals surface area contributed by atoms with Crippen LogP contribution in [0.3, 0.4) is 0 Å². The number of carbonyl (C=O) groups is 1. The molecule has 0 aliphatic carbocycles. The first-order valence-corrected chi connectivity index (χ1v) is 5.97. The summed E-state index contributed by atoms with van der Waals surface area (Å²) >= 11 is 0. The first-order valence-electron chi connectivity index (χ1n) is 5.97. The van der Waals surface area contributed by atoms with E-state index in [2.05, 4.69) is 14.7 Å². The average Bonchev–Trinajstić information content (AvgIpc) is 2.40. The summed E-state index contributed by atoms with van der Waals surface area (Å²) in [6.07, 6.45) is 0.409. The zero-order valence-corrected chi connectivity index (χ0v) is 11.2. The minimum absolute atomic E-state index is 0.0847. The van der Waals surface area contributed by atoms with Gasteiger partial charge in [-0.05, 0) is 24.6 Å². The molecule has 0 radical (unpaired) electrons. The molecule has 0 aliphatic rings. The van der Waals surface area contributed by atoms with Crippen LogP contribution in [0.25, 0.3) is 0 Å². The molecule has 0 fully saturated rings. The van der Waals surface area contributed by atoms with Crippen LogP contribution in [0.4, 0.5) is 10.2 Å². The van der Waals surface area contributed by atoms with Crippen LogP contribution >= 0.6 is 0 Å². The maximum absolute atomic E-state index is 12.8. The Bertz CT molecular complexity index is 618. The Morgan fingerprint density at radius 3 is 2.50 bits per heavy atom. The van der Waals surface area contributed by atoms with Crippen molar-refractivity contribution in [2.24, 2.45) is 0 Å². The maximum atomic E-state index is 12.8. The van der Waals surface area contributed by atoms with Gasteiger partial charge in [-0.1, -0.05) is 12.1 Å². The van der Waals surface area contributed by atoms with E-state index in [1.165, 1.54) is 19.2 Å². The van der Waals surface area contributed by atoms with Crippen LogP contribution in [0.15, 0.2) is 24.3 Å². The number of esters is 1. The molecule has 20 heavy (non-hydrogen) atoms. The van der Waals surface area contributed by atoms with Crippen molar-refractivity contribution in [3.8, 4) is 0 Å². The van der Waals surface area contributed by atoms with Crippen LogP contribution in [0, 0.1) is 12.7 Å². The first kappa shape index (κ1) is 13.9. The van der Waals surface area contributed by atoms with Crippen molar-refractivity contribution in [1.82, 2.24) is 9.97 Å². The Morgan fingerprint density at radius 2 is 1.95 bits per heavy atom. The van der Waals surface area contributed by atoms with Gasteiger partial charge in [0.15, 0.2) is 0 Å². The van der Waals surface area contributed by atoms with Gasteiger partial charge in [-0.3, -0.25) is 0 Å². The molecule has 1 aromatic carbocycles. The number of rotatable bonds is 3. The number of ether oxygens (including phenoxy) is 1. The van der Waals surface area contributed by atoms with Gasteiger partial charge >= 0.3 is 5.97 Å². The fourth-order valence-electron chi connectivity index (χ4n) is 1.87. The molecule has 1 aromatic heterocycles. The van der Waals surface area contributed by atoms with Crippen LogP contribution < -0.4 is 5.73 Å². The van der Waals surface area contributed by atoms with E-state index < -0.39 is 5.97 Å². The van der Waals surface area contributed by atoms with E-state index in [4.69, 9.17) is 5.73 Å². The molecule has 2 N–H and O–H groups in total. The SMILES string of the molecule is COC(=O)c1c(C)nc(Cc2ccc(F)cc2)nc1N. The number of aryl methyl sites for hydroxylation is 1. The molecule has 0 spiro atoms. The lowest BCUT2D eigenvalue weighted by Gasteiger charge is -2.08. The lowest BCUT2D eigenvalue weighted by molar-refractivity contribution is 0.0600. The number of hydrogen-bond acceptors (Lipinski definition) is 5. The first-order chi connectivity index (χ1) is 9.51. The lowest BCUT2D eigenvalue weighted by atomic mass is 10.1. The van der Waals surface area contributed by atoms with E-state index >= 15 is 0 Å². The third kappa shape index (κ3) is 2.90. The molecular weight excluding hydrogens is 261 g/mol. The maximum Gasteiger partial charge on any atom is 0.343 e. The molecular formula is C14H14FN3O2. The zero-order valence-electron chi connectivity index (χ0n) is 11.2. The summed E-state index contributed by atoms with van der Waals surface area (Å²) < 4.78 is 17.5. The normalized spacial score (nSPS) is 10.3. The van der Waals surface area contributed by atoms with Crippen molar-refractivity contribution in [3.05, 3.63) is 52.7 Å². The van der Waals surface area contributed by atoms with Crippen molar-refractivity contribution in [3.63, 3.8) is 0 Å². The van der Waals surface area contributed by atoms with Crippen LogP contribution in [-0.4, -0.2) is 23.0 Å². The van der Waals surface area contributed by atoms with Crippen LogP contribution in [-0.2, 0) is 11.2 Å². The Kier molecular flexibility index (Phi) is 3.93.